The lowest BCUT2D eigenvalue weighted by molar-refractivity contribution is -0.906. The molecule has 4 heteroatoms. The maximum absolute atomic E-state index is 6.34. The number of alkyl halides is 2. The second-order valence-corrected chi connectivity index (χ2v) is 9.34. The number of hydrogen-bond donors (Lipinski definition) is 0. The Balaban J connectivity index is 2.09. The molecule has 22 heavy (non-hydrogen) atoms. The molecule has 0 aromatic heterocycles. The van der Waals surface area contributed by atoms with Gasteiger partial charge in [0.2, 0.25) is 0 Å². The average molecular weight is 353 g/mol. The lowest BCUT2D eigenvalue weighted by atomic mass is 9.98. The fraction of sp³-hybridized carbons (Fsp3) is 1.00. The predicted octanol–water partition coefficient (Wildman–Crippen LogP) is 5.13. The second-order valence-electron chi connectivity index (χ2n) is 7.96. The summed E-state index contributed by atoms with van der Waals surface area (Å²) < 4.78 is 6.43. The molecule has 132 valence electrons. The number of ether oxygens (including phenoxy) is 1. The highest BCUT2D eigenvalue weighted by Gasteiger charge is 2.69. The van der Waals surface area contributed by atoms with E-state index >= 15 is 0 Å². The van der Waals surface area contributed by atoms with Crippen molar-refractivity contribution in [3.05, 3.63) is 0 Å². The third-order valence-electron chi connectivity index (χ3n) is 6.09. The van der Waals surface area contributed by atoms with Crippen LogP contribution in [0.15, 0.2) is 0 Å². The molecule has 0 saturated heterocycles. The summed E-state index contributed by atoms with van der Waals surface area (Å²) >= 11 is 12.7. The molecular weight excluding hydrogens is 317 g/mol. The highest BCUT2D eigenvalue weighted by atomic mass is 35.5. The van der Waals surface area contributed by atoms with Crippen molar-refractivity contribution in [3.63, 3.8) is 0 Å². The van der Waals surface area contributed by atoms with Crippen molar-refractivity contribution in [2.75, 3.05) is 39.9 Å². The highest BCUT2D eigenvalue weighted by molar-refractivity contribution is 6.51. The lowest BCUT2D eigenvalue weighted by Gasteiger charge is -2.31. The summed E-state index contributed by atoms with van der Waals surface area (Å²) in [5.74, 6) is 1.12. The van der Waals surface area contributed by atoms with Crippen LogP contribution in [0.3, 0.4) is 0 Å². The standard InChI is InChI=1S/C18H36Cl2NO/c1-7-21(6,8-2)12-14-22-13-11-15(3)9-10-16-17(4,5)18(16,19)20/h15-16H,7-14H2,1-6H3/q+1. The summed E-state index contributed by atoms with van der Waals surface area (Å²) in [6.45, 7) is 16.3. The summed E-state index contributed by atoms with van der Waals surface area (Å²) in [6, 6.07) is 0. The first-order valence-electron chi connectivity index (χ1n) is 8.89. The molecule has 2 nitrogen and oxygen atoms in total. The van der Waals surface area contributed by atoms with E-state index < -0.39 is 4.33 Å². The third kappa shape index (κ3) is 5.00. The van der Waals surface area contributed by atoms with E-state index in [1.54, 1.807) is 0 Å². The topological polar surface area (TPSA) is 9.23 Å². The fourth-order valence-electron chi connectivity index (χ4n) is 3.11. The maximum atomic E-state index is 6.34. The Morgan fingerprint density at radius 3 is 2.09 bits per heavy atom. The van der Waals surface area contributed by atoms with Gasteiger partial charge in [0.1, 0.15) is 10.9 Å². The highest BCUT2D eigenvalue weighted by Crippen LogP contribution is 2.70. The fourth-order valence-corrected chi connectivity index (χ4v) is 4.02. The molecule has 0 radical (unpaired) electrons. The molecule has 0 N–H and O–H groups in total. The van der Waals surface area contributed by atoms with Gasteiger partial charge in [-0.25, -0.2) is 0 Å². The SMILES string of the molecule is CC[N+](C)(CC)CCOCCC(C)CCC1C(C)(C)C1(Cl)Cl. The molecule has 0 amide bonds. The van der Waals surface area contributed by atoms with E-state index in [-0.39, 0.29) is 5.41 Å². The Morgan fingerprint density at radius 1 is 1.09 bits per heavy atom. The first-order valence-corrected chi connectivity index (χ1v) is 9.65. The van der Waals surface area contributed by atoms with Gasteiger partial charge in [0.05, 0.1) is 26.7 Å². The van der Waals surface area contributed by atoms with Crippen molar-refractivity contribution in [1.29, 1.82) is 0 Å². The molecule has 0 aromatic rings. The maximum Gasteiger partial charge on any atom is 0.127 e. The number of quaternary nitrogens is 1. The van der Waals surface area contributed by atoms with E-state index in [4.69, 9.17) is 27.9 Å². The van der Waals surface area contributed by atoms with Crippen LogP contribution in [0.2, 0.25) is 0 Å². The van der Waals surface area contributed by atoms with Gasteiger partial charge in [-0.3, -0.25) is 0 Å². The van der Waals surface area contributed by atoms with Crippen LogP contribution in [0.1, 0.15) is 53.9 Å². The zero-order valence-corrected chi connectivity index (χ0v) is 16.9. The van der Waals surface area contributed by atoms with E-state index in [9.17, 15) is 0 Å². The van der Waals surface area contributed by atoms with E-state index in [0.717, 1.165) is 37.1 Å². The van der Waals surface area contributed by atoms with Crippen molar-refractivity contribution in [2.24, 2.45) is 17.3 Å². The molecule has 1 aliphatic rings. The van der Waals surface area contributed by atoms with E-state index in [2.05, 4.69) is 41.7 Å². The van der Waals surface area contributed by atoms with Gasteiger partial charge in [-0.05, 0) is 32.6 Å². The largest absolute Gasteiger partial charge is 0.376 e. The molecule has 1 rings (SSSR count). The van der Waals surface area contributed by atoms with Gasteiger partial charge in [0.25, 0.3) is 0 Å². The van der Waals surface area contributed by atoms with Gasteiger partial charge < -0.3 is 9.22 Å². The predicted molar refractivity (Wildman–Crippen MR) is 97.7 cm³/mol. The van der Waals surface area contributed by atoms with Crippen molar-refractivity contribution < 1.29 is 9.22 Å². The number of rotatable bonds is 11. The molecule has 0 spiro atoms. The van der Waals surface area contributed by atoms with Crippen LogP contribution >= 0.6 is 23.2 Å². The van der Waals surface area contributed by atoms with Crippen molar-refractivity contribution in [2.45, 2.75) is 58.2 Å². The van der Waals surface area contributed by atoms with Crippen LogP contribution in [-0.4, -0.2) is 48.7 Å². The summed E-state index contributed by atoms with van der Waals surface area (Å²) in [4.78, 5) is 0. The third-order valence-corrected chi connectivity index (χ3v) is 7.59. The molecule has 2 unspecified atom stereocenters. The zero-order valence-electron chi connectivity index (χ0n) is 15.4. The molecule has 1 saturated carbocycles. The van der Waals surface area contributed by atoms with E-state index in [0.29, 0.717) is 11.8 Å². The molecule has 0 aromatic carbocycles. The van der Waals surface area contributed by atoms with Gasteiger partial charge in [0.15, 0.2) is 0 Å². The Morgan fingerprint density at radius 2 is 1.64 bits per heavy atom. The monoisotopic (exact) mass is 352 g/mol. The molecule has 0 heterocycles. The van der Waals surface area contributed by atoms with Gasteiger partial charge in [0, 0.05) is 17.9 Å². The first kappa shape index (κ1) is 20.5. The zero-order chi connectivity index (χ0) is 17.0. The molecule has 2 atom stereocenters. The second kappa shape index (κ2) is 8.05. The molecule has 0 aliphatic heterocycles. The smallest absolute Gasteiger partial charge is 0.127 e. The molecule has 1 fully saturated rings. The summed E-state index contributed by atoms with van der Waals surface area (Å²) in [5, 5.41) is 0. The normalized spacial score (nSPS) is 24.3. The van der Waals surface area contributed by atoms with Crippen molar-refractivity contribution in [1.82, 2.24) is 0 Å². The van der Waals surface area contributed by atoms with Crippen LogP contribution in [-0.2, 0) is 4.74 Å². The minimum atomic E-state index is -0.508. The number of halogens is 2. The number of hydrogen-bond acceptors (Lipinski definition) is 1. The van der Waals surface area contributed by atoms with Gasteiger partial charge in [-0.2, -0.15) is 0 Å². The summed E-state index contributed by atoms with van der Waals surface area (Å²) in [6.07, 6.45) is 3.45. The van der Waals surface area contributed by atoms with E-state index in [1.165, 1.54) is 19.5 Å². The Kier molecular flexibility index (Phi) is 7.52. The number of likely N-dealkylation sites (N-methyl/N-ethyl adjacent to an activating group) is 1. The quantitative estimate of drug-likeness (QED) is 0.284. The van der Waals surface area contributed by atoms with Crippen LogP contribution in [0.25, 0.3) is 0 Å². The van der Waals surface area contributed by atoms with Gasteiger partial charge in [-0.1, -0.05) is 27.2 Å². The van der Waals surface area contributed by atoms with Crippen LogP contribution in [0.5, 0.6) is 0 Å². The Labute approximate surface area is 148 Å². The van der Waals surface area contributed by atoms with Crippen LogP contribution in [0, 0.1) is 17.3 Å². The molecule has 1 aliphatic carbocycles. The minimum absolute atomic E-state index is 0.0784. The summed E-state index contributed by atoms with van der Waals surface area (Å²) in [5.41, 5.74) is 0.0784. The molecule has 0 bridgehead atoms. The summed E-state index contributed by atoms with van der Waals surface area (Å²) in [7, 11) is 2.30. The van der Waals surface area contributed by atoms with E-state index in [1.807, 2.05) is 0 Å². The number of nitrogens with zero attached hydrogens (tertiary/aromatic N) is 1. The van der Waals surface area contributed by atoms with Crippen molar-refractivity contribution >= 4 is 23.2 Å². The van der Waals surface area contributed by atoms with Crippen LogP contribution in [0.4, 0.5) is 0 Å². The van der Waals surface area contributed by atoms with Crippen LogP contribution < -0.4 is 0 Å². The molecular formula is C18H36Cl2NO+. The van der Waals surface area contributed by atoms with Gasteiger partial charge >= 0.3 is 0 Å². The first-order chi connectivity index (χ1) is 10.1. The lowest BCUT2D eigenvalue weighted by Crippen LogP contribution is -2.45. The Bertz CT molecular complexity index is 326. The van der Waals surface area contributed by atoms with Crippen molar-refractivity contribution in [3.8, 4) is 0 Å². The van der Waals surface area contributed by atoms with Gasteiger partial charge in [-0.15, -0.1) is 23.2 Å². The minimum Gasteiger partial charge on any atom is -0.376 e. The Hall–Kier alpha value is 0.500. The average Bonchev–Trinajstić information content (AvgIpc) is 2.85.